The van der Waals surface area contributed by atoms with Crippen molar-refractivity contribution in [1.29, 1.82) is 0 Å². The molecule has 5 rings (SSSR count). The molecule has 1 aliphatic heterocycles. The first-order valence-electron chi connectivity index (χ1n) is 10.3. The molecule has 2 heterocycles. The molecule has 2 saturated carbocycles. The van der Waals surface area contributed by atoms with E-state index in [0.717, 1.165) is 18.9 Å². The zero-order valence-corrected chi connectivity index (χ0v) is 16.3. The number of morpholine rings is 1. The van der Waals surface area contributed by atoms with Crippen molar-refractivity contribution in [3.8, 4) is 0 Å². The summed E-state index contributed by atoms with van der Waals surface area (Å²) >= 11 is 0. The molecule has 3 fully saturated rings. The number of nitrogens with zero attached hydrogens (tertiary/aromatic N) is 2. The van der Waals surface area contributed by atoms with Gasteiger partial charge < -0.3 is 20.7 Å². The Morgan fingerprint density at radius 2 is 1.81 bits per heavy atom. The number of rotatable bonds is 3. The summed E-state index contributed by atoms with van der Waals surface area (Å²) in [5, 5.41) is 6.05. The summed E-state index contributed by atoms with van der Waals surface area (Å²) in [6.07, 6.45) is 7.44. The Kier molecular flexibility index (Phi) is 4.06. The van der Waals surface area contributed by atoms with Crippen molar-refractivity contribution in [3.05, 3.63) is 30.5 Å². The van der Waals surface area contributed by atoms with Crippen molar-refractivity contribution in [2.75, 3.05) is 23.3 Å². The maximum absolute atomic E-state index is 5.96. The van der Waals surface area contributed by atoms with Gasteiger partial charge in [-0.1, -0.05) is 6.07 Å². The predicted octanol–water partition coefficient (Wildman–Crippen LogP) is 3.53. The lowest BCUT2D eigenvalue weighted by molar-refractivity contribution is -0.00521. The number of nitrogens with two attached hydrogens (primary N) is 1. The van der Waals surface area contributed by atoms with Crippen LogP contribution in [0.3, 0.4) is 0 Å². The molecule has 27 heavy (non-hydrogen) atoms. The van der Waals surface area contributed by atoms with Gasteiger partial charge in [0.25, 0.3) is 0 Å². The molecule has 2 atom stereocenters. The maximum Gasteiger partial charge on any atom is 0.126 e. The monoisotopic (exact) mass is 366 g/mol. The summed E-state index contributed by atoms with van der Waals surface area (Å²) < 4.78 is 5.86. The lowest BCUT2D eigenvalue weighted by Crippen LogP contribution is -2.57. The Morgan fingerprint density at radius 1 is 1.07 bits per heavy atom. The van der Waals surface area contributed by atoms with E-state index in [-0.39, 0.29) is 12.2 Å². The van der Waals surface area contributed by atoms with E-state index in [2.05, 4.69) is 53.3 Å². The van der Waals surface area contributed by atoms with E-state index in [1.165, 1.54) is 42.1 Å². The van der Waals surface area contributed by atoms with Gasteiger partial charge in [-0.15, -0.1) is 0 Å². The smallest absolute Gasteiger partial charge is 0.126 e. The van der Waals surface area contributed by atoms with Crippen LogP contribution >= 0.6 is 0 Å². The van der Waals surface area contributed by atoms with Crippen LogP contribution in [0.4, 0.5) is 11.5 Å². The third kappa shape index (κ3) is 3.27. The van der Waals surface area contributed by atoms with Crippen LogP contribution in [0.1, 0.15) is 39.5 Å². The van der Waals surface area contributed by atoms with Gasteiger partial charge in [-0.05, 0) is 68.5 Å². The second kappa shape index (κ2) is 6.35. The second-order valence-corrected chi connectivity index (χ2v) is 9.18. The van der Waals surface area contributed by atoms with E-state index < -0.39 is 0 Å². The highest BCUT2D eigenvalue weighted by Gasteiger charge is 2.51. The Balaban J connectivity index is 1.28. The van der Waals surface area contributed by atoms with Crippen LogP contribution < -0.4 is 16.0 Å². The SMILES string of the molecule is CC1CN(c2ccc3cc(NC4CC5(CC(N)C5)C4)ncc3c2)CC(C)O1. The first kappa shape index (κ1) is 17.3. The minimum absolute atomic E-state index is 0.269. The van der Waals surface area contributed by atoms with Crippen LogP contribution in [0.15, 0.2) is 30.5 Å². The standard InChI is InChI=1S/C22H30N4O/c1-14-12-26(13-15(2)27-14)20-4-3-16-6-21(24-11-17(16)5-20)25-19-9-22(10-19)7-18(23)8-22/h3-6,11,14-15,18-19H,7-10,12-13,23H2,1-2H3,(H,24,25). The average Bonchev–Trinajstić information content (AvgIpc) is 2.57. The van der Waals surface area contributed by atoms with Crippen molar-refractivity contribution in [3.63, 3.8) is 0 Å². The summed E-state index contributed by atoms with van der Waals surface area (Å²) in [6.45, 7) is 6.17. The van der Waals surface area contributed by atoms with Crippen LogP contribution in [-0.2, 0) is 4.74 Å². The summed E-state index contributed by atoms with van der Waals surface area (Å²) in [4.78, 5) is 7.09. The number of benzene rings is 1. The van der Waals surface area contributed by atoms with Gasteiger partial charge in [-0.3, -0.25) is 0 Å². The summed E-state index contributed by atoms with van der Waals surface area (Å²) in [6, 6.07) is 9.88. The molecule has 5 nitrogen and oxygen atoms in total. The van der Waals surface area contributed by atoms with E-state index in [1.54, 1.807) is 0 Å². The number of fused-ring (bicyclic) bond motifs is 1. The van der Waals surface area contributed by atoms with Gasteiger partial charge >= 0.3 is 0 Å². The molecular weight excluding hydrogens is 336 g/mol. The van der Waals surface area contributed by atoms with E-state index >= 15 is 0 Å². The Labute approximate surface area is 161 Å². The number of hydrogen-bond donors (Lipinski definition) is 2. The number of ether oxygens (including phenoxy) is 1. The normalized spacial score (nSPS) is 35.7. The summed E-state index contributed by atoms with van der Waals surface area (Å²) in [5.41, 5.74) is 7.77. The third-order valence-corrected chi connectivity index (χ3v) is 6.59. The Hall–Kier alpha value is -1.85. The minimum Gasteiger partial charge on any atom is -0.372 e. The van der Waals surface area contributed by atoms with Gasteiger partial charge in [0.2, 0.25) is 0 Å². The fourth-order valence-electron chi connectivity index (χ4n) is 5.48. The molecule has 2 aliphatic carbocycles. The highest BCUT2D eigenvalue weighted by Crippen LogP contribution is 2.55. The average molecular weight is 367 g/mol. The van der Waals surface area contributed by atoms with Gasteiger partial charge in [-0.25, -0.2) is 4.98 Å². The summed E-state index contributed by atoms with van der Waals surface area (Å²) in [5.74, 6) is 0.993. The molecule has 0 radical (unpaired) electrons. The van der Waals surface area contributed by atoms with Crippen molar-refractivity contribution in [2.45, 2.75) is 63.8 Å². The van der Waals surface area contributed by atoms with E-state index in [9.17, 15) is 0 Å². The minimum atomic E-state index is 0.269. The lowest BCUT2D eigenvalue weighted by Gasteiger charge is -2.57. The molecule has 0 amide bonds. The van der Waals surface area contributed by atoms with Crippen molar-refractivity contribution < 1.29 is 4.74 Å². The molecule has 1 aromatic carbocycles. The quantitative estimate of drug-likeness (QED) is 0.870. The maximum atomic E-state index is 5.96. The van der Waals surface area contributed by atoms with E-state index in [4.69, 9.17) is 10.5 Å². The molecule has 5 heteroatoms. The molecule has 1 saturated heterocycles. The fraction of sp³-hybridized carbons (Fsp3) is 0.591. The third-order valence-electron chi connectivity index (χ3n) is 6.59. The molecule has 3 aliphatic rings. The number of nitrogens with one attached hydrogen (secondary N) is 1. The number of hydrogen-bond acceptors (Lipinski definition) is 5. The molecule has 1 aromatic heterocycles. The second-order valence-electron chi connectivity index (χ2n) is 9.18. The molecule has 0 bridgehead atoms. The largest absolute Gasteiger partial charge is 0.372 e. The molecule has 2 aromatic rings. The summed E-state index contributed by atoms with van der Waals surface area (Å²) in [7, 11) is 0. The predicted molar refractivity (Wildman–Crippen MR) is 110 cm³/mol. The van der Waals surface area contributed by atoms with Gasteiger partial charge in [0.15, 0.2) is 0 Å². The first-order chi connectivity index (χ1) is 13.0. The Bertz CT molecular complexity index is 829. The van der Waals surface area contributed by atoms with Gasteiger partial charge in [0, 0.05) is 42.4 Å². The first-order valence-corrected chi connectivity index (χ1v) is 10.3. The van der Waals surface area contributed by atoms with Crippen LogP contribution in [0.5, 0.6) is 0 Å². The Morgan fingerprint density at radius 3 is 2.52 bits per heavy atom. The number of aromatic nitrogens is 1. The molecule has 3 N–H and O–H groups in total. The molecular formula is C22H30N4O. The van der Waals surface area contributed by atoms with Crippen molar-refractivity contribution in [2.24, 2.45) is 11.1 Å². The fourth-order valence-corrected chi connectivity index (χ4v) is 5.48. The van der Waals surface area contributed by atoms with Crippen LogP contribution in [0.2, 0.25) is 0 Å². The molecule has 1 spiro atoms. The van der Waals surface area contributed by atoms with Crippen molar-refractivity contribution >= 4 is 22.3 Å². The van der Waals surface area contributed by atoms with Gasteiger partial charge in [0.1, 0.15) is 5.82 Å². The van der Waals surface area contributed by atoms with Gasteiger partial charge in [-0.2, -0.15) is 0 Å². The zero-order chi connectivity index (χ0) is 18.6. The van der Waals surface area contributed by atoms with Gasteiger partial charge in [0.05, 0.1) is 12.2 Å². The molecule has 2 unspecified atom stereocenters. The van der Waals surface area contributed by atoms with E-state index in [1.807, 2.05) is 6.20 Å². The number of pyridine rings is 1. The van der Waals surface area contributed by atoms with Crippen molar-refractivity contribution in [1.82, 2.24) is 4.98 Å². The van der Waals surface area contributed by atoms with Crippen LogP contribution in [-0.4, -0.2) is 42.4 Å². The molecule has 144 valence electrons. The van der Waals surface area contributed by atoms with Crippen LogP contribution in [0.25, 0.3) is 10.8 Å². The number of anilines is 2. The highest BCUT2D eigenvalue weighted by molar-refractivity contribution is 5.87. The van der Waals surface area contributed by atoms with E-state index in [0.29, 0.717) is 17.5 Å². The lowest BCUT2D eigenvalue weighted by atomic mass is 9.52. The van der Waals surface area contributed by atoms with Crippen LogP contribution in [0, 0.1) is 5.41 Å². The zero-order valence-electron chi connectivity index (χ0n) is 16.3. The topological polar surface area (TPSA) is 63.4 Å². The highest BCUT2D eigenvalue weighted by atomic mass is 16.5.